The Kier molecular flexibility index (Phi) is 5.69. The molecule has 7 heteroatoms. The van der Waals surface area contributed by atoms with Gasteiger partial charge in [0.1, 0.15) is 5.01 Å². The van der Waals surface area contributed by atoms with Gasteiger partial charge in [-0.3, -0.25) is 0 Å². The van der Waals surface area contributed by atoms with Crippen LogP contribution in [0.5, 0.6) is 0 Å². The quantitative estimate of drug-likeness (QED) is 0.760. The van der Waals surface area contributed by atoms with Crippen molar-refractivity contribution in [1.29, 1.82) is 0 Å². The number of nitrogens with zero attached hydrogens (tertiary/aromatic N) is 1. The van der Waals surface area contributed by atoms with Crippen LogP contribution >= 0.6 is 11.3 Å². The third-order valence-electron chi connectivity index (χ3n) is 3.19. The molecule has 0 spiro atoms. The molecule has 22 heavy (non-hydrogen) atoms. The summed E-state index contributed by atoms with van der Waals surface area (Å²) in [4.78, 5) is 5.82. The molecule has 0 bridgehead atoms. The smallest absolute Gasteiger partial charge is 0.208 e. The molecule has 0 saturated heterocycles. The largest absolute Gasteiger partial charge is 0.308 e. The minimum Gasteiger partial charge on any atom is -0.308 e. The lowest BCUT2D eigenvalue weighted by molar-refractivity contribution is 0.559. The molecule has 2 aromatic rings. The standard InChI is InChI=1S/C15H21N3O2S2/c1-11(16-9-10-17-22(3,19)20)14-12(2)18-15(21-14)13-7-5-4-6-8-13/h4-8,11,16-17H,9-10H2,1-3H3/t11-/m1/s1. The predicted octanol–water partition coefficient (Wildman–Crippen LogP) is 2.32. The van der Waals surface area contributed by atoms with Crippen LogP contribution in [0.2, 0.25) is 0 Å². The predicted molar refractivity (Wildman–Crippen MR) is 91.6 cm³/mol. The lowest BCUT2D eigenvalue weighted by Gasteiger charge is -2.12. The van der Waals surface area contributed by atoms with Gasteiger partial charge in [0.25, 0.3) is 0 Å². The van der Waals surface area contributed by atoms with E-state index in [1.165, 1.54) is 4.88 Å². The molecule has 5 nitrogen and oxygen atoms in total. The minimum absolute atomic E-state index is 0.135. The molecule has 0 fully saturated rings. The lowest BCUT2D eigenvalue weighted by Crippen LogP contribution is -2.32. The number of aromatic nitrogens is 1. The van der Waals surface area contributed by atoms with Crippen LogP contribution in [-0.4, -0.2) is 32.7 Å². The summed E-state index contributed by atoms with van der Waals surface area (Å²) in [6.07, 6.45) is 1.16. The fraction of sp³-hybridized carbons (Fsp3) is 0.400. The van der Waals surface area contributed by atoms with E-state index in [4.69, 9.17) is 0 Å². The zero-order valence-electron chi connectivity index (χ0n) is 13.0. The third kappa shape index (κ3) is 4.88. The number of benzene rings is 1. The monoisotopic (exact) mass is 339 g/mol. The van der Waals surface area contributed by atoms with Crippen LogP contribution in [0, 0.1) is 6.92 Å². The van der Waals surface area contributed by atoms with Crippen LogP contribution in [0.4, 0.5) is 0 Å². The van der Waals surface area contributed by atoms with Gasteiger partial charge >= 0.3 is 0 Å². The summed E-state index contributed by atoms with van der Waals surface area (Å²) in [5.41, 5.74) is 2.13. The molecular formula is C15H21N3O2S2. The molecular weight excluding hydrogens is 318 g/mol. The Morgan fingerprint density at radius 1 is 1.23 bits per heavy atom. The number of sulfonamides is 1. The van der Waals surface area contributed by atoms with E-state index in [1.807, 2.05) is 25.1 Å². The molecule has 2 rings (SSSR count). The van der Waals surface area contributed by atoms with E-state index in [0.717, 1.165) is 22.5 Å². The first-order chi connectivity index (χ1) is 10.4. The molecule has 0 amide bonds. The average molecular weight is 339 g/mol. The number of hydrogen-bond acceptors (Lipinski definition) is 5. The van der Waals surface area contributed by atoms with Crippen molar-refractivity contribution >= 4 is 21.4 Å². The number of nitrogens with one attached hydrogen (secondary N) is 2. The fourth-order valence-electron chi connectivity index (χ4n) is 2.13. The molecule has 0 saturated carbocycles. The van der Waals surface area contributed by atoms with Crippen LogP contribution < -0.4 is 10.0 Å². The summed E-state index contributed by atoms with van der Waals surface area (Å²) in [7, 11) is -3.13. The molecule has 1 heterocycles. The zero-order chi connectivity index (χ0) is 16.2. The third-order valence-corrected chi connectivity index (χ3v) is 5.30. The summed E-state index contributed by atoms with van der Waals surface area (Å²) in [5.74, 6) is 0. The SMILES string of the molecule is Cc1nc(-c2ccccc2)sc1[C@@H](C)NCCNS(C)(=O)=O. The van der Waals surface area contributed by atoms with Gasteiger partial charge in [-0.25, -0.2) is 18.1 Å². The lowest BCUT2D eigenvalue weighted by atomic mass is 10.2. The van der Waals surface area contributed by atoms with Crippen molar-refractivity contribution in [3.8, 4) is 10.6 Å². The van der Waals surface area contributed by atoms with Crippen LogP contribution in [0.15, 0.2) is 30.3 Å². The van der Waals surface area contributed by atoms with E-state index in [-0.39, 0.29) is 6.04 Å². The highest BCUT2D eigenvalue weighted by molar-refractivity contribution is 7.88. The first kappa shape index (κ1) is 17.1. The first-order valence-corrected chi connectivity index (χ1v) is 9.78. The van der Waals surface area contributed by atoms with Crippen LogP contribution in [0.25, 0.3) is 10.6 Å². The van der Waals surface area contributed by atoms with Crippen LogP contribution in [-0.2, 0) is 10.0 Å². The van der Waals surface area contributed by atoms with Crippen molar-refractivity contribution in [3.63, 3.8) is 0 Å². The van der Waals surface area contributed by atoms with E-state index in [9.17, 15) is 8.42 Å². The molecule has 0 aliphatic carbocycles. The second kappa shape index (κ2) is 7.32. The molecule has 0 unspecified atom stereocenters. The molecule has 120 valence electrons. The van der Waals surface area contributed by atoms with Gasteiger partial charge in [0.05, 0.1) is 11.9 Å². The molecule has 0 aliphatic heterocycles. The summed E-state index contributed by atoms with van der Waals surface area (Å²) >= 11 is 1.67. The van der Waals surface area contributed by atoms with Crippen molar-refractivity contribution < 1.29 is 8.42 Å². The maximum Gasteiger partial charge on any atom is 0.208 e. The highest BCUT2D eigenvalue weighted by atomic mass is 32.2. The first-order valence-electron chi connectivity index (χ1n) is 7.07. The Morgan fingerprint density at radius 3 is 2.55 bits per heavy atom. The Morgan fingerprint density at radius 2 is 1.91 bits per heavy atom. The topological polar surface area (TPSA) is 71.1 Å². The van der Waals surface area contributed by atoms with Gasteiger partial charge in [0.15, 0.2) is 0 Å². The van der Waals surface area contributed by atoms with E-state index in [2.05, 4.69) is 34.1 Å². The van der Waals surface area contributed by atoms with Gasteiger partial charge < -0.3 is 5.32 Å². The molecule has 1 aromatic carbocycles. The van der Waals surface area contributed by atoms with E-state index < -0.39 is 10.0 Å². The summed E-state index contributed by atoms with van der Waals surface area (Å²) < 4.78 is 24.5. The Bertz CT molecular complexity index is 712. The Balaban J connectivity index is 1.99. The summed E-state index contributed by atoms with van der Waals surface area (Å²) in [5, 5.41) is 4.33. The Labute approximate surface area is 135 Å². The molecule has 1 aromatic heterocycles. The van der Waals surface area contributed by atoms with Crippen molar-refractivity contribution in [2.24, 2.45) is 0 Å². The van der Waals surface area contributed by atoms with Crippen molar-refractivity contribution in [3.05, 3.63) is 40.9 Å². The van der Waals surface area contributed by atoms with Crippen molar-refractivity contribution in [2.75, 3.05) is 19.3 Å². The Hall–Kier alpha value is -1.28. The highest BCUT2D eigenvalue weighted by Gasteiger charge is 2.14. The second-order valence-electron chi connectivity index (χ2n) is 5.18. The van der Waals surface area contributed by atoms with Gasteiger partial charge in [-0.2, -0.15) is 0 Å². The maximum absolute atomic E-state index is 11.0. The van der Waals surface area contributed by atoms with Gasteiger partial charge in [-0.15, -0.1) is 11.3 Å². The van der Waals surface area contributed by atoms with Gasteiger partial charge in [0, 0.05) is 29.6 Å². The summed E-state index contributed by atoms with van der Waals surface area (Å²) in [6.45, 7) is 5.03. The van der Waals surface area contributed by atoms with E-state index in [1.54, 1.807) is 11.3 Å². The van der Waals surface area contributed by atoms with Gasteiger partial charge in [-0.05, 0) is 13.8 Å². The van der Waals surface area contributed by atoms with Crippen LogP contribution in [0.1, 0.15) is 23.5 Å². The molecule has 0 aliphatic rings. The van der Waals surface area contributed by atoms with Crippen molar-refractivity contribution in [2.45, 2.75) is 19.9 Å². The highest BCUT2D eigenvalue weighted by Crippen LogP contribution is 2.31. The van der Waals surface area contributed by atoms with Crippen LogP contribution in [0.3, 0.4) is 0 Å². The van der Waals surface area contributed by atoms with Gasteiger partial charge in [-0.1, -0.05) is 30.3 Å². The van der Waals surface area contributed by atoms with Crippen molar-refractivity contribution in [1.82, 2.24) is 15.0 Å². The normalized spacial score (nSPS) is 13.2. The molecule has 1 atom stereocenters. The van der Waals surface area contributed by atoms with E-state index >= 15 is 0 Å². The average Bonchev–Trinajstić information content (AvgIpc) is 2.85. The minimum atomic E-state index is -3.13. The fourth-order valence-corrected chi connectivity index (χ4v) is 3.70. The van der Waals surface area contributed by atoms with Gasteiger partial charge in [0.2, 0.25) is 10.0 Å². The zero-order valence-corrected chi connectivity index (χ0v) is 14.6. The number of aryl methyl sites for hydroxylation is 1. The number of hydrogen-bond donors (Lipinski definition) is 2. The number of thiazole rings is 1. The maximum atomic E-state index is 11.0. The second-order valence-corrected chi connectivity index (χ2v) is 8.04. The number of rotatable bonds is 7. The van der Waals surface area contributed by atoms with E-state index in [0.29, 0.717) is 13.1 Å². The molecule has 2 N–H and O–H groups in total. The molecule has 0 radical (unpaired) electrons. The summed E-state index contributed by atoms with van der Waals surface area (Å²) in [6, 6.07) is 10.2.